The molecule has 0 aliphatic heterocycles. The molecule has 0 bridgehead atoms. The number of rotatable bonds is 8. The second kappa shape index (κ2) is 8.45. The van der Waals surface area contributed by atoms with Crippen molar-refractivity contribution in [2.45, 2.75) is 13.5 Å². The molecule has 0 spiro atoms. The van der Waals surface area contributed by atoms with Crippen LogP contribution in [0.3, 0.4) is 0 Å². The van der Waals surface area contributed by atoms with Crippen molar-refractivity contribution in [2.24, 2.45) is 0 Å². The van der Waals surface area contributed by atoms with E-state index in [9.17, 15) is 4.79 Å². The molecule has 0 unspecified atom stereocenters. The molecule has 1 N–H and O–H groups in total. The van der Waals surface area contributed by atoms with E-state index in [4.69, 9.17) is 9.84 Å². The zero-order valence-corrected chi connectivity index (χ0v) is 11.5. The van der Waals surface area contributed by atoms with Gasteiger partial charge in [-0.1, -0.05) is 31.2 Å². The zero-order valence-electron chi connectivity index (χ0n) is 11.5. The summed E-state index contributed by atoms with van der Waals surface area (Å²) in [5, 5.41) is 8.70. The van der Waals surface area contributed by atoms with Gasteiger partial charge in [0.15, 0.2) is 0 Å². The van der Waals surface area contributed by atoms with E-state index in [-0.39, 0.29) is 0 Å². The summed E-state index contributed by atoms with van der Waals surface area (Å²) in [7, 11) is 1.69. The minimum atomic E-state index is -0.929. The number of methoxy groups -OCH3 is 1. The molecule has 0 fully saturated rings. The van der Waals surface area contributed by atoms with Gasteiger partial charge in [0.05, 0.1) is 6.61 Å². The molecule has 1 aromatic carbocycles. The van der Waals surface area contributed by atoms with E-state index in [0.29, 0.717) is 6.61 Å². The lowest BCUT2D eigenvalue weighted by Crippen LogP contribution is -2.27. The lowest BCUT2D eigenvalue weighted by Gasteiger charge is -2.21. The Balaban J connectivity index is 2.78. The van der Waals surface area contributed by atoms with Crippen molar-refractivity contribution in [3.05, 3.63) is 41.5 Å². The first-order valence-corrected chi connectivity index (χ1v) is 6.37. The summed E-state index contributed by atoms with van der Waals surface area (Å²) in [6, 6.07) is 7.84. The molecule has 19 heavy (non-hydrogen) atoms. The quantitative estimate of drug-likeness (QED) is 0.731. The number of carboxylic acids is 1. The third-order valence-electron chi connectivity index (χ3n) is 2.91. The number of aliphatic carboxylic acids is 1. The standard InChI is InChI=1S/C15H21NO3/c1-3-16(10-11-19-2)12-14-7-5-4-6-13(14)8-9-15(17)18/h4-9H,3,10-12H2,1-2H3,(H,17,18)/b9-8+. The summed E-state index contributed by atoms with van der Waals surface area (Å²) in [6.45, 7) is 5.39. The predicted octanol–water partition coefficient (Wildman–Crippen LogP) is 2.25. The number of ether oxygens (including phenoxy) is 1. The van der Waals surface area contributed by atoms with Gasteiger partial charge in [-0.05, 0) is 23.7 Å². The molecule has 0 aliphatic rings. The summed E-state index contributed by atoms with van der Waals surface area (Å²) in [5.41, 5.74) is 2.07. The largest absolute Gasteiger partial charge is 0.478 e. The molecular formula is C15H21NO3. The summed E-state index contributed by atoms with van der Waals surface area (Å²) in [4.78, 5) is 12.9. The van der Waals surface area contributed by atoms with Gasteiger partial charge in [0.2, 0.25) is 0 Å². The maximum Gasteiger partial charge on any atom is 0.328 e. The highest BCUT2D eigenvalue weighted by atomic mass is 16.5. The fourth-order valence-electron chi connectivity index (χ4n) is 1.81. The third-order valence-corrected chi connectivity index (χ3v) is 2.91. The molecule has 104 valence electrons. The fourth-order valence-corrected chi connectivity index (χ4v) is 1.81. The van der Waals surface area contributed by atoms with Gasteiger partial charge in [-0.2, -0.15) is 0 Å². The number of likely N-dealkylation sites (N-methyl/N-ethyl adjacent to an activating group) is 1. The van der Waals surface area contributed by atoms with E-state index >= 15 is 0 Å². The zero-order chi connectivity index (χ0) is 14.1. The van der Waals surface area contributed by atoms with Crippen molar-refractivity contribution >= 4 is 12.0 Å². The predicted molar refractivity (Wildman–Crippen MR) is 75.9 cm³/mol. The molecule has 0 saturated heterocycles. The normalized spacial score (nSPS) is 11.3. The first-order valence-electron chi connectivity index (χ1n) is 6.37. The Morgan fingerprint density at radius 1 is 1.42 bits per heavy atom. The van der Waals surface area contributed by atoms with Crippen LogP contribution in [0.4, 0.5) is 0 Å². The lowest BCUT2D eigenvalue weighted by molar-refractivity contribution is -0.131. The molecule has 4 nitrogen and oxygen atoms in total. The number of carbonyl (C=O) groups is 1. The summed E-state index contributed by atoms with van der Waals surface area (Å²) in [6.07, 6.45) is 2.81. The fraction of sp³-hybridized carbons (Fsp3) is 0.400. The number of hydrogen-bond acceptors (Lipinski definition) is 3. The molecule has 0 aromatic heterocycles. The molecule has 0 heterocycles. The van der Waals surface area contributed by atoms with Gasteiger partial charge in [-0.3, -0.25) is 4.90 Å². The van der Waals surface area contributed by atoms with Crippen molar-refractivity contribution in [3.8, 4) is 0 Å². The molecule has 0 radical (unpaired) electrons. The van der Waals surface area contributed by atoms with Crippen LogP contribution < -0.4 is 0 Å². The third kappa shape index (κ3) is 5.68. The van der Waals surface area contributed by atoms with Gasteiger partial charge in [0.25, 0.3) is 0 Å². The van der Waals surface area contributed by atoms with Crippen LogP contribution in [0.2, 0.25) is 0 Å². The molecule has 0 amide bonds. The Kier molecular flexibility index (Phi) is 6.85. The van der Waals surface area contributed by atoms with E-state index < -0.39 is 5.97 Å². The molecule has 1 aromatic rings. The van der Waals surface area contributed by atoms with Crippen molar-refractivity contribution in [1.29, 1.82) is 0 Å². The van der Waals surface area contributed by atoms with Crippen LogP contribution >= 0.6 is 0 Å². The van der Waals surface area contributed by atoms with Crippen LogP contribution in [-0.4, -0.2) is 42.8 Å². The van der Waals surface area contributed by atoms with Crippen LogP contribution in [0.15, 0.2) is 30.3 Å². The SMILES string of the molecule is CCN(CCOC)Cc1ccccc1/C=C/C(=O)O. The average molecular weight is 263 g/mol. The van der Waals surface area contributed by atoms with Crippen LogP contribution in [0.5, 0.6) is 0 Å². The summed E-state index contributed by atoms with van der Waals surface area (Å²) >= 11 is 0. The smallest absolute Gasteiger partial charge is 0.328 e. The van der Waals surface area contributed by atoms with Crippen LogP contribution in [-0.2, 0) is 16.1 Å². The van der Waals surface area contributed by atoms with Crippen LogP contribution in [0.25, 0.3) is 6.08 Å². The summed E-state index contributed by atoms with van der Waals surface area (Å²) < 4.78 is 5.09. The van der Waals surface area contributed by atoms with Crippen LogP contribution in [0, 0.1) is 0 Å². The highest BCUT2D eigenvalue weighted by molar-refractivity contribution is 5.85. The first-order chi connectivity index (χ1) is 9.17. The minimum absolute atomic E-state index is 0.695. The topological polar surface area (TPSA) is 49.8 Å². The number of hydrogen-bond donors (Lipinski definition) is 1. The van der Waals surface area contributed by atoms with Gasteiger partial charge >= 0.3 is 5.97 Å². The number of benzene rings is 1. The highest BCUT2D eigenvalue weighted by Gasteiger charge is 2.06. The Hall–Kier alpha value is -1.65. The van der Waals surface area contributed by atoms with Crippen molar-refractivity contribution in [3.63, 3.8) is 0 Å². The summed E-state index contributed by atoms with van der Waals surface area (Å²) in [5.74, 6) is -0.929. The number of carboxylic acid groups (broad SMARTS) is 1. The van der Waals surface area contributed by atoms with E-state index in [1.807, 2.05) is 24.3 Å². The van der Waals surface area contributed by atoms with E-state index in [0.717, 1.165) is 30.8 Å². The molecule has 0 saturated carbocycles. The van der Waals surface area contributed by atoms with Gasteiger partial charge in [-0.25, -0.2) is 4.79 Å². The van der Waals surface area contributed by atoms with Gasteiger partial charge in [-0.15, -0.1) is 0 Å². The van der Waals surface area contributed by atoms with E-state index in [1.165, 1.54) is 6.08 Å². The van der Waals surface area contributed by atoms with Gasteiger partial charge < -0.3 is 9.84 Å². The van der Waals surface area contributed by atoms with E-state index in [1.54, 1.807) is 13.2 Å². The maximum absolute atomic E-state index is 10.6. The molecular weight excluding hydrogens is 242 g/mol. The Bertz CT molecular complexity index is 429. The molecule has 0 atom stereocenters. The molecule has 1 rings (SSSR count). The Labute approximate surface area is 114 Å². The Morgan fingerprint density at radius 2 is 2.16 bits per heavy atom. The minimum Gasteiger partial charge on any atom is -0.478 e. The monoisotopic (exact) mass is 263 g/mol. The van der Waals surface area contributed by atoms with Crippen molar-refractivity contribution < 1.29 is 14.6 Å². The maximum atomic E-state index is 10.6. The molecule has 4 heteroatoms. The van der Waals surface area contributed by atoms with Gasteiger partial charge in [0.1, 0.15) is 0 Å². The van der Waals surface area contributed by atoms with Gasteiger partial charge in [0, 0.05) is 26.3 Å². The van der Waals surface area contributed by atoms with E-state index in [2.05, 4.69) is 11.8 Å². The second-order valence-electron chi connectivity index (χ2n) is 4.23. The second-order valence-corrected chi connectivity index (χ2v) is 4.23. The molecule has 0 aliphatic carbocycles. The van der Waals surface area contributed by atoms with Crippen LogP contribution in [0.1, 0.15) is 18.1 Å². The lowest BCUT2D eigenvalue weighted by atomic mass is 10.1. The van der Waals surface area contributed by atoms with Crippen molar-refractivity contribution in [2.75, 3.05) is 26.8 Å². The van der Waals surface area contributed by atoms with Crippen molar-refractivity contribution in [1.82, 2.24) is 4.90 Å². The Morgan fingerprint density at radius 3 is 2.79 bits per heavy atom. The first kappa shape index (κ1) is 15.4. The highest BCUT2D eigenvalue weighted by Crippen LogP contribution is 2.13. The number of nitrogens with zero attached hydrogens (tertiary/aromatic N) is 1. The average Bonchev–Trinajstić information content (AvgIpc) is 2.42.